The van der Waals surface area contributed by atoms with Crippen molar-refractivity contribution in [3.05, 3.63) is 48.4 Å². The van der Waals surface area contributed by atoms with E-state index in [1.54, 1.807) is 0 Å². The highest BCUT2D eigenvalue weighted by Crippen LogP contribution is 2.44. The number of halogens is 1. The van der Waals surface area contributed by atoms with Gasteiger partial charge in [0.15, 0.2) is 0 Å². The molecule has 0 spiro atoms. The number of carboxylic acid groups (broad SMARTS) is 1. The number of fused-ring (bicyclic) bond motifs is 1. The average Bonchev–Trinajstić information content (AvgIpc) is 2.99. The highest BCUT2D eigenvalue weighted by Gasteiger charge is 2.60. The Morgan fingerprint density at radius 1 is 1.48 bits per heavy atom. The number of carbonyl (C=O) groups excluding carboxylic acids is 1. The molecule has 2 aromatic rings. The Morgan fingerprint density at radius 2 is 2.24 bits per heavy atom. The Kier molecular flexibility index (Phi) is 2.83. The lowest BCUT2D eigenvalue weighted by Gasteiger charge is -2.13. The maximum atomic E-state index is 13.1. The van der Waals surface area contributed by atoms with Gasteiger partial charge in [0.05, 0.1) is 0 Å². The fourth-order valence-corrected chi connectivity index (χ4v) is 2.51. The SMILES string of the molecule is C=CC1C[C@@]1(NC(=O)c1cc2cc(F)ccc2[nH]1)C(=O)O. The highest BCUT2D eigenvalue weighted by atomic mass is 19.1. The molecule has 5 nitrogen and oxygen atoms in total. The Bertz CT molecular complexity index is 767. The first-order chi connectivity index (χ1) is 9.96. The quantitative estimate of drug-likeness (QED) is 0.753. The highest BCUT2D eigenvalue weighted by molar-refractivity contribution is 6.01. The molecule has 1 aromatic carbocycles. The van der Waals surface area contributed by atoms with Crippen molar-refractivity contribution >= 4 is 22.8 Å². The number of benzene rings is 1. The van der Waals surface area contributed by atoms with E-state index in [0.717, 1.165) is 0 Å². The maximum absolute atomic E-state index is 13.1. The minimum absolute atomic E-state index is 0.200. The number of aliphatic carboxylic acids is 1. The molecule has 1 heterocycles. The number of aromatic nitrogens is 1. The summed E-state index contributed by atoms with van der Waals surface area (Å²) >= 11 is 0. The average molecular weight is 288 g/mol. The van der Waals surface area contributed by atoms with E-state index in [4.69, 9.17) is 0 Å². The van der Waals surface area contributed by atoms with E-state index in [-0.39, 0.29) is 11.6 Å². The third-order valence-electron chi connectivity index (χ3n) is 3.84. The zero-order valence-electron chi connectivity index (χ0n) is 11.0. The summed E-state index contributed by atoms with van der Waals surface area (Å²) < 4.78 is 13.1. The molecule has 1 unspecified atom stereocenters. The van der Waals surface area contributed by atoms with Crippen LogP contribution in [0.2, 0.25) is 0 Å². The van der Waals surface area contributed by atoms with Crippen LogP contribution in [-0.2, 0) is 4.79 Å². The maximum Gasteiger partial charge on any atom is 0.330 e. The number of rotatable bonds is 4. The van der Waals surface area contributed by atoms with E-state index in [1.807, 2.05) is 0 Å². The molecule has 0 bridgehead atoms. The summed E-state index contributed by atoms with van der Waals surface area (Å²) in [5, 5.41) is 12.3. The summed E-state index contributed by atoms with van der Waals surface area (Å²) in [5.41, 5.74) is -0.464. The Morgan fingerprint density at radius 3 is 2.86 bits per heavy atom. The van der Waals surface area contributed by atoms with Crippen molar-refractivity contribution in [2.75, 3.05) is 0 Å². The number of H-pyrrole nitrogens is 1. The smallest absolute Gasteiger partial charge is 0.330 e. The molecule has 1 fully saturated rings. The second kappa shape index (κ2) is 4.44. The molecule has 1 aliphatic carbocycles. The number of carbonyl (C=O) groups is 2. The molecule has 6 heteroatoms. The topological polar surface area (TPSA) is 82.2 Å². The Balaban J connectivity index is 1.87. The van der Waals surface area contributed by atoms with Gasteiger partial charge in [0.2, 0.25) is 0 Å². The summed E-state index contributed by atoms with van der Waals surface area (Å²) in [6, 6.07) is 5.61. The zero-order valence-corrected chi connectivity index (χ0v) is 11.0. The van der Waals surface area contributed by atoms with Crippen LogP contribution in [0, 0.1) is 11.7 Å². The van der Waals surface area contributed by atoms with Crippen LogP contribution < -0.4 is 5.32 Å². The third kappa shape index (κ3) is 2.08. The van der Waals surface area contributed by atoms with E-state index in [2.05, 4.69) is 16.9 Å². The normalized spacial score (nSPS) is 23.8. The van der Waals surface area contributed by atoms with Crippen LogP contribution in [0.15, 0.2) is 36.9 Å². The lowest BCUT2D eigenvalue weighted by molar-refractivity contribution is -0.140. The summed E-state index contributed by atoms with van der Waals surface area (Å²) in [6.07, 6.45) is 1.85. The zero-order chi connectivity index (χ0) is 15.2. The molecule has 0 radical (unpaired) electrons. The van der Waals surface area contributed by atoms with Gasteiger partial charge in [-0.1, -0.05) is 6.08 Å². The van der Waals surface area contributed by atoms with Crippen molar-refractivity contribution in [3.63, 3.8) is 0 Å². The molecular weight excluding hydrogens is 275 g/mol. The molecule has 2 atom stereocenters. The van der Waals surface area contributed by atoms with Crippen molar-refractivity contribution in [2.24, 2.45) is 5.92 Å². The first kappa shape index (κ1) is 13.4. The number of amides is 1. The van der Waals surface area contributed by atoms with E-state index in [1.165, 1.54) is 30.3 Å². The molecule has 1 aromatic heterocycles. The number of hydrogen-bond acceptors (Lipinski definition) is 2. The van der Waals surface area contributed by atoms with Crippen LogP contribution in [-0.4, -0.2) is 27.5 Å². The molecule has 1 amide bonds. The fourth-order valence-electron chi connectivity index (χ4n) is 2.51. The van der Waals surface area contributed by atoms with Crippen LogP contribution in [0.3, 0.4) is 0 Å². The number of aromatic amines is 1. The molecule has 3 rings (SSSR count). The predicted octanol–water partition coefficient (Wildman–Crippen LogP) is 2.07. The van der Waals surface area contributed by atoms with Gasteiger partial charge in [0.25, 0.3) is 5.91 Å². The van der Waals surface area contributed by atoms with Crippen LogP contribution in [0.5, 0.6) is 0 Å². The van der Waals surface area contributed by atoms with Crippen molar-refractivity contribution in [1.29, 1.82) is 0 Å². The summed E-state index contributed by atoms with van der Waals surface area (Å²) in [5.74, 6) is -2.29. The van der Waals surface area contributed by atoms with Gasteiger partial charge in [-0.15, -0.1) is 6.58 Å². The van der Waals surface area contributed by atoms with Crippen molar-refractivity contribution < 1.29 is 19.1 Å². The largest absolute Gasteiger partial charge is 0.479 e. The standard InChI is InChI=1S/C15H13FN2O3/c1-2-9-7-15(9,14(20)21)18-13(19)12-6-8-5-10(16)3-4-11(8)17-12/h2-6,9,17H,1,7H2,(H,18,19)(H,20,21)/t9?,15-/m0/s1. The number of hydrogen-bond donors (Lipinski definition) is 3. The van der Waals surface area contributed by atoms with Crippen molar-refractivity contribution in [3.8, 4) is 0 Å². The van der Waals surface area contributed by atoms with E-state index in [0.29, 0.717) is 17.3 Å². The first-order valence-corrected chi connectivity index (χ1v) is 6.43. The van der Waals surface area contributed by atoms with Gasteiger partial charge in [-0.3, -0.25) is 4.79 Å². The molecular formula is C15H13FN2O3. The molecule has 3 N–H and O–H groups in total. The van der Waals surface area contributed by atoms with Gasteiger partial charge in [-0.25, -0.2) is 9.18 Å². The van der Waals surface area contributed by atoms with Crippen LogP contribution in [0.1, 0.15) is 16.9 Å². The molecule has 21 heavy (non-hydrogen) atoms. The molecule has 1 aliphatic rings. The summed E-state index contributed by atoms with van der Waals surface area (Å²) in [7, 11) is 0. The van der Waals surface area contributed by atoms with E-state index in [9.17, 15) is 19.1 Å². The van der Waals surface area contributed by atoms with Gasteiger partial charge in [-0.05, 0) is 30.7 Å². The predicted molar refractivity (Wildman–Crippen MR) is 74.4 cm³/mol. The minimum atomic E-state index is -1.28. The minimum Gasteiger partial charge on any atom is -0.479 e. The molecule has 1 saturated carbocycles. The van der Waals surface area contributed by atoms with Gasteiger partial charge in [0, 0.05) is 16.8 Å². The second-order valence-electron chi connectivity index (χ2n) is 5.19. The third-order valence-corrected chi connectivity index (χ3v) is 3.84. The lowest BCUT2D eigenvalue weighted by atomic mass is 10.2. The molecule has 108 valence electrons. The van der Waals surface area contributed by atoms with E-state index >= 15 is 0 Å². The van der Waals surface area contributed by atoms with Gasteiger partial charge >= 0.3 is 5.97 Å². The van der Waals surface area contributed by atoms with Gasteiger partial charge in [-0.2, -0.15) is 0 Å². The fraction of sp³-hybridized carbons (Fsp3) is 0.200. The lowest BCUT2D eigenvalue weighted by Crippen LogP contribution is -2.44. The summed E-state index contributed by atoms with van der Waals surface area (Å²) in [4.78, 5) is 26.3. The number of carboxylic acids is 1. The van der Waals surface area contributed by atoms with Crippen LogP contribution >= 0.6 is 0 Å². The molecule has 0 saturated heterocycles. The summed E-state index contributed by atoms with van der Waals surface area (Å²) in [6.45, 7) is 3.56. The Labute approximate surface area is 119 Å². The monoisotopic (exact) mass is 288 g/mol. The van der Waals surface area contributed by atoms with Crippen LogP contribution in [0.25, 0.3) is 10.9 Å². The van der Waals surface area contributed by atoms with Gasteiger partial charge in [0.1, 0.15) is 17.1 Å². The molecule has 0 aliphatic heterocycles. The Hall–Kier alpha value is -2.63. The first-order valence-electron chi connectivity index (χ1n) is 6.43. The van der Waals surface area contributed by atoms with Crippen molar-refractivity contribution in [2.45, 2.75) is 12.0 Å². The second-order valence-corrected chi connectivity index (χ2v) is 5.19. The van der Waals surface area contributed by atoms with Crippen LogP contribution in [0.4, 0.5) is 4.39 Å². The van der Waals surface area contributed by atoms with Crippen molar-refractivity contribution in [1.82, 2.24) is 10.3 Å². The van der Waals surface area contributed by atoms with Gasteiger partial charge < -0.3 is 15.4 Å². The van der Waals surface area contributed by atoms with E-state index < -0.39 is 23.2 Å². The number of nitrogens with one attached hydrogen (secondary N) is 2.